The van der Waals surface area contributed by atoms with Crippen LogP contribution in [-0.4, -0.2) is 39.9 Å². The molecule has 1 aromatic rings. The van der Waals surface area contributed by atoms with E-state index in [-0.39, 0.29) is 24.1 Å². The zero-order valence-electron chi connectivity index (χ0n) is 14.7. The number of carbonyl (C=O) groups excluding carboxylic acids is 1. The molecule has 7 nitrogen and oxygen atoms in total. The van der Waals surface area contributed by atoms with Crippen LogP contribution < -0.4 is 0 Å². The number of aryl methyl sites for hydroxylation is 2. The van der Waals surface area contributed by atoms with Crippen LogP contribution in [0.5, 0.6) is 0 Å². The van der Waals surface area contributed by atoms with Gasteiger partial charge in [0.25, 0.3) is 11.6 Å². The van der Waals surface area contributed by atoms with Crippen molar-refractivity contribution in [3.8, 4) is 0 Å². The van der Waals surface area contributed by atoms with Gasteiger partial charge in [-0.15, -0.1) is 0 Å². The SMILES string of the molecule is Cc1cc(C)c([N+](=O)[O-])c(C)c1C(=O)N1C[C@@H]2CCC[C@@]2(C(=O)O)C1. The summed E-state index contributed by atoms with van der Waals surface area (Å²) in [5.41, 5.74) is 1.01. The molecule has 1 saturated carbocycles. The van der Waals surface area contributed by atoms with E-state index in [2.05, 4.69) is 0 Å². The van der Waals surface area contributed by atoms with E-state index in [1.807, 2.05) is 0 Å². The van der Waals surface area contributed by atoms with Crippen LogP contribution in [0.15, 0.2) is 6.07 Å². The number of aliphatic carboxylic acids is 1. The Morgan fingerprint density at radius 3 is 2.56 bits per heavy atom. The van der Waals surface area contributed by atoms with E-state index in [0.717, 1.165) is 12.8 Å². The number of carboxylic acid groups (broad SMARTS) is 1. The highest BCUT2D eigenvalue weighted by atomic mass is 16.6. The summed E-state index contributed by atoms with van der Waals surface area (Å²) in [5.74, 6) is -1.17. The van der Waals surface area contributed by atoms with Crippen LogP contribution in [-0.2, 0) is 4.79 Å². The third-order valence-electron chi connectivity index (χ3n) is 5.91. The number of hydrogen-bond donors (Lipinski definition) is 1. The normalized spacial score (nSPS) is 25.1. The number of carboxylic acids is 1. The Hall–Kier alpha value is -2.44. The summed E-state index contributed by atoms with van der Waals surface area (Å²) in [5, 5.41) is 21.0. The number of likely N-dealkylation sites (tertiary alicyclic amines) is 1. The lowest BCUT2D eigenvalue weighted by Gasteiger charge is -2.24. The molecule has 2 atom stereocenters. The van der Waals surface area contributed by atoms with Gasteiger partial charge in [-0.1, -0.05) is 6.42 Å². The third kappa shape index (κ3) is 2.49. The number of carbonyl (C=O) groups is 2. The van der Waals surface area contributed by atoms with Crippen molar-refractivity contribution in [1.82, 2.24) is 4.90 Å². The van der Waals surface area contributed by atoms with Crippen LogP contribution in [0.25, 0.3) is 0 Å². The van der Waals surface area contributed by atoms with Crippen LogP contribution in [0.2, 0.25) is 0 Å². The van der Waals surface area contributed by atoms with Crippen LogP contribution >= 0.6 is 0 Å². The molecule has 2 aliphatic rings. The van der Waals surface area contributed by atoms with Gasteiger partial charge in [-0.05, 0) is 51.2 Å². The smallest absolute Gasteiger partial charge is 0.311 e. The van der Waals surface area contributed by atoms with Crippen molar-refractivity contribution < 1.29 is 19.6 Å². The van der Waals surface area contributed by atoms with Gasteiger partial charge in [0.15, 0.2) is 0 Å². The number of nitro benzene ring substituents is 1. The monoisotopic (exact) mass is 346 g/mol. The standard InChI is InChI=1S/C18H22N2O5/c1-10-7-11(2)15(20(24)25)12(3)14(10)16(21)19-8-13-5-4-6-18(13,9-19)17(22)23/h7,13H,4-6,8-9H2,1-3H3,(H,22,23)/t13-,18+/m0/s1. The Bertz CT molecular complexity index is 788. The maximum Gasteiger partial charge on any atom is 0.311 e. The molecule has 0 radical (unpaired) electrons. The molecule has 1 saturated heterocycles. The summed E-state index contributed by atoms with van der Waals surface area (Å²) >= 11 is 0. The Morgan fingerprint density at radius 1 is 1.32 bits per heavy atom. The fourth-order valence-electron chi connectivity index (χ4n) is 4.74. The summed E-state index contributed by atoms with van der Waals surface area (Å²) in [7, 11) is 0. The molecule has 1 aromatic carbocycles. The molecule has 3 rings (SSSR count). The van der Waals surface area contributed by atoms with Crippen molar-refractivity contribution in [3.05, 3.63) is 38.4 Å². The van der Waals surface area contributed by atoms with Gasteiger partial charge >= 0.3 is 5.97 Å². The minimum atomic E-state index is -0.853. The zero-order valence-corrected chi connectivity index (χ0v) is 14.7. The zero-order chi connectivity index (χ0) is 18.5. The molecule has 1 heterocycles. The van der Waals surface area contributed by atoms with Crippen molar-refractivity contribution in [1.29, 1.82) is 0 Å². The number of hydrogen-bond acceptors (Lipinski definition) is 4. The highest BCUT2D eigenvalue weighted by Gasteiger charge is 2.56. The lowest BCUT2D eigenvalue weighted by molar-refractivity contribution is -0.386. The number of nitrogens with zero attached hydrogens (tertiary/aromatic N) is 2. The third-order valence-corrected chi connectivity index (χ3v) is 5.91. The Morgan fingerprint density at radius 2 is 2.00 bits per heavy atom. The van der Waals surface area contributed by atoms with Gasteiger partial charge in [-0.3, -0.25) is 19.7 Å². The molecular formula is C18H22N2O5. The van der Waals surface area contributed by atoms with Crippen molar-refractivity contribution >= 4 is 17.6 Å². The maximum atomic E-state index is 13.1. The van der Waals surface area contributed by atoms with Gasteiger partial charge in [0.2, 0.25) is 0 Å². The summed E-state index contributed by atoms with van der Waals surface area (Å²) in [6, 6.07) is 1.65. The second-order valence-electron chi connectivity index (χ2n) is 7.35. The molecule has 25 heavy (non-hydrogen) atoms. The van der Waals surface area contributed by atoms with Gasteiger partial charge in [0.05, 0.1) is 15.9 Å². The van der Waals surface area contributed by atoms with Crippen molar-refractivity contribution in [3.63, 3.8) is 0 Å². The topological polar surface area (TPSA) is 101 Å². The highest BCUT2D eigenvalue weighted by Crippen LogP contribution is 2.49. The van der Waals surface area contributed by atoms with Crippen molar-refractivity contribution in [2.24, 2.45) is 11.3 Å². The van der Waals surface area contributed by atoms with Crippen LogP contribution in [0, 0.1) is 42.2 Å². The molecule has 0 aromatic heterocycles. The second-order valence-corrected chi connectivity index (χ2v) is 7.35. The number of rotatable bonds is 3. The minimum absolute atomic E-state index is 0.0324. The van der Waals surface area contributed by atoms with Crippen LogP contribution in [0.1, 0.15) is 46.3 Å². The molecular weight excluding hydrogens is 324 g/mol. The average Bonchev–Trinajstić information content (AvgIpc) is 3.03. The van der Waals surface area contributed by atoms with E-state index in [1.165, 1.54) is 0 Å². The molecule has 2 fully saturated rings. The second kappa shape index (κ2) is 5.82. The molecule has 0 bridgehead atoms. The lowest BCUT2D eigenvalue weighted by Crippen LogP contribution is -2.37. The van der Waals surface area contributed by atoms with Gasteiger partial charge in [0.1, 0.15) is 0 Å². The molecule has 1 aliphatic heterocycles. The van der Waals surface area contributed by atoms with Gasteiger partial charge in [0, 0.05) is 24.2 Å². The van der Waals surface area contributed by atoms with E-state index in [9.17, 15) is 24.8 Å². The predicted molar refractivity (Wildman–Crippen MR) is 90.6 cm³/mol. The van der Waals surface area contributed by atoms with Crippen LogP contribution in [0.3, 0.4) is 0 Å². The average molecular weight is 346 g/mol. The van der Waals surface area contributed by atoms with E-state index >= 15 is 0 Å². The van der Waals surface area contributed by atoms with E-state index in [4.69, 9.17) is 0 Å². The first kappa shape index (κ1) is 17.4. The molecule has 1 aliphatic carbocycles. The van der Waals surface area contributed by atoms with E-state index in [1.54, 1.807) is 31.7 Å². The Balaban J connectivity index is 1.99. The molecule has 0 spiro atoms. The molecule has 0 unspecified atom stereocenters. The fourth-order valence-corrected chi connectivity index (χ4v) is 4.74. The summed E-state index contributed by atoms with van der Waals surface area (Å²) in [6.45, 7) is 5.61. The Kier molecular flexibility index (Phi) is 4.05. The Labute approximate surface area is 145 Å². The number of fused-ring (bicyclic) bond motifs is 1. The van der Waals surface area contributed by atoms with Crippen molar-refractivity contribution in [2.75, 3.05) is 13.1 Å². The predicted octanol–water partition coefficient (Wildman–Crippen LogP) is 2.85. The fraction of sp³-hybridized carbons (Fsp3) is 0.556. The summed E-state index contributed by atoms with van der Waals surface area (Å²) in [6.07, 6.45) is 2.26. The van der Waals surface area contributed by atoms with Crippen LogP contribution in [0.4, 0.5) is 5.69 Å². The molecule has 7 heteroatoms. The lowest BCUT2D eigenvalue weighted by atomic mass is 9.81. The number of amides is 1. The molecule has 1 amide bonds. The maximum absolute atomic E-state index is 13.1. The summed E-state index contributed by atoms with van der Waals surface area (Å²) in [4.78, 5) is 37.4. The summed E-state index contributed by atoms with van der Waals surface area (Å²) < 4.78 is 0. The number of nitro groups is 1. The highest BCUT2D eigenvalue weighted by molar-refractivity contribution is 5.99. The number of benzene rings is 1. The van der Waals surface area contributed by atoms with Gasteiger partial charge in [-0.2, -0.15) is 0 Å². The van der Waals surface area contributed by atoms with Gasteiger partial charge in [-0.25, -0.2) is 0 Å². The first-order chi connectivity index (χ1) is 11.7. The quantitative estimate of drug-likeness (QED) is 0.670. The van der Waals surface area contributed by atoms with Gasteiger partial charge < -0.3 is 10.0 Å². The van der Waals surface area contributed by atoms with E-state index in [0.29, 0.717) is 35.2 Å². The largest absolute Gasteiger partial charge is 0.481 e. The van der Waals surface area contributed by atoms with E-state index < -0.39 is 16.3 Å². The minimum Gasteiger partial charge on any atom is -0.481 e. The van der Waals surface area contributed by atoms with Crippen molar-refractivity contribution in [2.45, 2.75) is 40.0 Å². The molecule has 134 valence electrons. The first-order valence-corrected chi connectivity index (χ1v) is 8.47. The first-order valence-electron chi connectivity index (χ1n) is 8.47. The molecule has 1 N–H and O–H groups in total.